The van der Waals surface area contributed by atoms with Gasteiger partial charge in [-0.2, -0.15) is 0 Å². The molecule has 0 aliphatic rings. The Morgan fingerprint density at radius 2 is 1.93 bits per heavy atom. The first kappa shape index (κ1) is 9.92. The molecule has 78 valence electrons. The van der Waals surface area contributed by atoms with Gasteiger partial charge in [-0.25, -0.2) is 9.89 Å². The number of aromatic amines is 2. The quantitative estimate of drug-likeness (QED) is 0.757. The van der Waals surface area contributed by atoms with E-state index in [2.05, 4.69) is 10.2 Å². The predicted molar refractivity (Wildman–Crippen MR) is 60.5 cm³/mol. The van der Waals surface area contributed by atoms with Crippen LogP contribution in [0.4, 0.5) is 0 Å². The highest BCUT2D eigenvalue weighted by Crippen LogP contribution is 2.04. The molecule has 0 amide bonds. The molecule has 2 N–H and O–H groups in total. The van der Waals surface area contributed by atoms with Gasteiger partial charge in [-0.3, -0.25) is 9.67 Å². The molecule has 0 saturated heterocycles. The molecule has 0 atom stereocenters. The summed E-state index contributed by atoms with van der Waals surface area (Å²) >= 11 is 4.97. The third-order valence-electron chi connectivity index (χ3n) is 2.23. The van der Waals surface area contributed by atoms with Gasteiger partial charge < -0.3 is 0 Å². The summed E-state index contributed by atoms with van der Waals surface area (Å²) in [6.45, 7) is 2.52. The Balaban J connectivity index is 2.34. The Hall–Kier alpha value is -1.62. The van der Waals surface area contributed by atoms with E-state index in [0.29, 0.717) is 11.3 Å². The summed E-state index contributed by atoms with van der Waals surface area (Å²) in [5.41, 5.74) is 2.05. The highest BCUT2D eigenvalue weighted by Gasteiger charge is 2.00. The zero-order valence-electron chi connectivity index (χ0n) is 8.28. The van der Waals surface area contributed by atoms with Crippen LogP contribution in [0.5, 0.6) is 0 Å². The first-order chi connectivity index (χ1) is 7.16. The van der Waals surface area contributed by atoms with Crippen LogP contribution in [0.2, 0.25) is 0 Å². The Morgan fingerprint density at radius 1 is 1.27 bits per heavy atom. The van der Waals surface area contributed by atoms with E-state index in [9.17, 15) is 4.79 Å². The van der Waals surface area contributed by atoms with Crippen LogP contribution in [-0.2, 0) is 6.54 Å². The molecule has 0 aliphatic heterocycles. The largest absolute Gasteiger partial charge is 0.342 e. The second-order valence-electron chi connectivity index (χ2n) is 3.43. The van der Waals surface area contributed by atoms with Crippen LogP contribution in [-0.4, -0.2) is 14.8 Å². The van der Waals surface area contributed by atoms with Crippen molar-refractivity contribution in [3.05, 3.63) is 50.6 Å². The molecule has 0 unspecified atom stereocenters. The number of benzene rings is 1. The van der Waals surface area contributed by atoms with Crippen LogP contribution in [0.3, 0.4) is 0 Å². The zero-order chi connectivity index (χ0) is 10.8. The monoisotopic (exact) mass is 221 g/mol. The lowest BCUT2D eigenvalue weighted by Gasteiger charge is -2.01. The van der Waals surface area contributed by atoms with Crippen molar-refractivity contribution in [2.75, 3.05) is 0 Å². The minimum Gasteiger partial charge on any atom is -0.272 e. The normalized spacial score (nSPS) is 10.5. The summed E-state index contributed by atoms with van der Waals surface area (Å²) in [6, 6.07) is 8.01. The third kappa shape index (κ3) is 2.07. The van der Waals surface area contributed by atoms with Crippen LogP contribution in [0.15, 0.2) is 29.1 Å². The smallest absolute Gasteiger partial charge is 0.272 e. The molecule has 1 aromatic carbocycles. The lowest BCUT2D eigenvalue weighted by atomic mass is 10.1. The fraction of sp³-hybridized carbons (Fsp3) is 0.200. The third-order valence-corrected chi connectivity index (χ3v) is 2.55. The van der Waals surface area contributed by atoms with E-state index in [0.717, 1.165) is 5.56 Å². The number of rotatable bonds is 2. The Labute approximate surface area is 91.6 Å². The average molecular weight is 221 g/mol. The number of aromatic nitrogens is 3. The number of H-pyrrole nitrogens is 2. The molecule has 2 rings (SSSR count). The first-order valence-electron chi connectivity index (χ1n) is 4.60. The molecule has 2 aromatic rings. The van der Waals surface area contributed by atoms with Crippen molar-refractivity contribution in [1.82, 2.24) is 14.8 Å². The molecule has 1 aromatic heterocycles. The van der Waals surface area contributed by atoms with Gasteiger partial charge in [0.15, 0.2) is 4.77 Å². The highest BCUT2D eigenvalue weighted by molar-refractivity contribution is 7.71. The van der Waals surface area contributed by atoms with E-state index >= 15 is 0 Å². The van der Waals surface area contributed by atoms with Gasteiger partial charge in [0.1, 0.15) is 0 Å². The molecule has 0 aliphatic carbocycles. The van der Waals surface area contributed by atoms with Crippen molar-refractivity contribution in [2.45, 2.75) is 13.5 Å². The Bertz CT molecular complexity index is 534. The van der Waals surface area contributed by atoms with E-state index in [1.807, 2.05) is 31.2 Å². The van der Waals surface area contributed by atoms with Gasteiger partial charge in [-0.05, 0) is 24.7 Å². The van der Waals surface area contributed by atoms with E-state index in [1.54, 1.807) is 0 Å². The summed E-state index contributed by atoms with van der Waals surface area (Å²) in [7, 11) is 0. The van der Waals surface area contributed by atoms with Gasteiger partial charge in [-0.15, -0.1) is 0 Å². The van der Waals surface area contributed by atoms with Gasteiger partial charge in [-0.1, -0.05) is 29.8 Å². The molecule has 0 radical (unpaired) electrons. The molecule has 0 bridgehead atoms. The summed E-state index contributed by atoms with van der Waals surface area (Å²) in [6.07, 6.45) is 0. The molecule has 1 heterocycles. The molecular weight excluding hydrogens is 210 g/mol. The van der Waals surface area contributed by atoms with Gasteiger partial charge >= 0.3 is 5.69 Å². The van der Waals surface area contributed by atoms with E-state index in [4.69, 9.17) is 12.2 Å². The van der Waals surface area contributed by atoms with Gasteiger partial charge in [0.2, 0.25) is 0 Å². The highest BCUT2D eigenvalue weighted by atomic mass is 32.1. The van der Waals surface area contributed by atoms with Crippen molar-refractivity contribution in [3.8, 4) is 0 Å². The van der Waals surface area contributed by atoms with Crippen LogP contribution in [0, 0.1) is 11.7 Å². The lowest BCUT2D eigenvalue weighted by molar-refractivity contribution is 0.751. The summed E-state index contributed by atoms with van der Waals surface area (Å²) in [4.78, 5) is 11.3. The molecule has 0 fully saturated rings. The van der Waals surface area contributed by atoms with Crippen LogP contribution in [0.25, 0.3) is 0 Å². The Morgan fingerprint density at radius 3 is 2.47 bits per heavy atom. The maximum Gasteiger partial charge on any atom is 0.342 e. The average Bonchev–Trinajstić information content (AvgIpc) is 2.53. The Kier molecular flexibility index (Phi) is 2.55. The second kappa shape index (κ2) is 3.86. The molecule has 4 nitrogen and oxygen atoms in total. The van der Waals surface area contributed by atoms with E-state index in [-0.39, 0.29) is 5.69 Å². The van der Waals surface area contributed by atoms with Crippen molar-refractivity contribution < 1.29 is 0 Å². The molecule has 0 saturated carbocycles. The number of hydrogen-bond donors (Lipinski definition) is 2. The summed E-state index contributed by atoms with van der Waals surface area (Å²) < 4.78 is 1.90. The first-order valence-corrected chi connectivity index (χ1v) is 5.00. The molecule has 0 spiro atoms. The van der Waals surface area contributed by atoms with Crippen LogP contribution >= 0.6 is 12.2 Å². The van der Waals surface area contributed by atoms with Crippen LogP contribution < -0.4 is 5.69 Å². The number of hydrogen-bond acceptors (Lipinski definition) is 2. The topological polar surface area (TPSA) is 53.6 Å². The summed E-state index contributed by atoms with van der Waals surface area (Å²) in [5, 5.41) is 5.06. The van der Waals surface area contributed by atoms with Gasteiger partial charge in [0, 0.05) is 0 Å². The maximum absolute atomic E-state index is 11.3. The lowest BCUT2D eigenvalue weighted by Crippen LogP contribution is -2.17. The molecule has 15 heavy (non-hydrogen) atoms. The zero-order valence-corrected chi connectivity index (χ0v) is 9.10. The minimum atomic E-state index is -0.208. The van der Waals surface area contributed by atoms with Crippen molar-refractivity contribution in [2.24, 2.45) is 0 Å². The van der Waals surface area contributed by atoms with E-state index < -0.39 is 0 Å². The minimum absolute atomic E-state index is 0.208. The SMILES string of the molecule is Cc1ccc(Cn2c(=O)[nH][nH]c2=S)cc1. The predicted octanol–water partition coefficient (Wildman–Crippen LogP) is 1.59. The fourth-order valence-electron chi connectivity index (χ4n) is 1.35. The summed E-state index contributed by atoms with van der Waals surface area (Å²) in [5.74, 6) is 0. The van der Waals surface area contributed by atoms with E-state index in [1.165, 1.54) is 10.1 Å². The van der Waals surface area contributed by atoms with Gasteiger partial charge in [0.05, 0.1) is 6.54 Å². The maximum atomic E-state index is 11.3. The van der Waals surface area contributed by atoms with Gasteiger partial charge in [0.25, 0.3) is 0 Å². The standard InChI is InChI=1S/C10H11N3OS/c1-7-2-4-8(5-3-7)6-13-9(14)11-12-10(13)15/h2-5H,6H2,1H3,(H,11,14)(H,12,15). The molecule has 5 heteroatoms. The number of aryl methyl sites for hydroxylation is 1. The van der Waals surface area contributed by atoms with Crippen LogP contribution in [0.1, 0.15) is 11.1 Å². The second-order valence-corrected chi connectivity index (χ2v) is 3.82. The van der Waals surface area contributed by atoms with Crippen molar-refractivity contribution in [3.63, 3.8) is 0 Å². The number of nitrogens with zero attached hydrogens (tertiary/aromatic N) is 1. The fourth-order valence-corrected chi connectivity index (χ4v) is 1.55. The number of nitrogens with one attached hydrogen (secondary N) is 2. The van der Waals surface area contributed by atoms with Crippen molar-refractivity contribution >= 4 is 12.2 Å². The molecular formula is C10H11N3OS. The van der Waals surface area contributed by atoms with Crippen molar-refractivity contribution in [1.29, 1.82) is 0 Å².